The minimum absolute atomic E-state index is 0.657. The van der Waals surface area contributed by atoms with E-state index in [1.54, 1.807) is 20.9 Å². The van der Waals surface area contributed by atoms with Crippen molar-refractivity contribution in [3.8, 4) is 0 Å². The van der Waals surface area contributed by atoms with Gasteiger partial charge in [0.1, 0.15) is 0 Å². The lowest BCUT2D eigenvalue weighted by atomic mass is 9.87. The van der Waals surface area contributed by atoms with Crippen molar-refractivity contribution in [2.24, 2.45) is 5.41 Å². The van der Waals surface area contributed by atoms with Crippen LogP contribution < -0.4 is 10.8 Å². The fraction of sp³-hybridized carbons (Fsp3) is 0.957. The number of hydrogen-bond acceptors (Lipinski definition) is 2. The summed E-state index contributed by atoms with van der Waals surface area (Å²) >= 11 is 0. The predicted molar refractivity (Wildman–Crippen MR) is 112 cm³/mol. The van der Waals surface area contributed by atoms with Crippen LogP contribution >= 0.6 is 0 Å². The first-order valence-corrected chi connectivity index (χ1v) is 11.4. The Bertz CT molecular complexity index is 290. The quantitative estimate of drug-likeness (QED) is 0.333. The Labute approximate surface area is 164 Å². The van der Waals surface area contributed by atoms with Crippen molar-refractivity contribution in [2.75, 3.05) is 7.05 Å². The Hall–Kier alpha value is -0.570. The van der Waals surface area contributed by atoms with E-state index < -0.39 is 11.4 Å². The summed E-state index contributed by atoms with van der Waals surface area (Å²) in [5.41, 5.74) is 2.59. The average Bonchev–Trinajstić information content (AvgIpc) is 2.63. The van der Waals surface area contributed by atoms with Crippen LogP contribution in [0.2, 0.25) is 0 Å². The van der Waals surface area contributed by atoms with Gasteiger partial charge in [0.25, 0.3) is 0 Å². The van der Waals surface area contributed by atoms with Gasteiger partial charge in [-0.1, -0.05) is 124 Å². The molecule has 3 N–H and O–H groups in total. The van der Waals surface area contributed by atoms with Crippen LogP contribution in [0.1, 0.15) is 130 Å². The summed E-state index contributed by atoms with van der Waals surface area (Å²) in [5, 5.41) is 10.9. The number of carboxylic acid groups (broad SMARTS) is 1. The minimum atomic E-state index is -0.913. The van der Waals surface area contributed by atoms with Crippen LogP contribution in [0.4, 0.5) is 0 Å². The Morgan fingerprint density at radius 2 is 0.923 bits per heavy atom. The van der Waals surface area contributed by atoms with Crippen molar-refractivity contribution in [1.29, 1.82) is 0 Å². The van der Waals surface area contributed by atoms with E-state index in [0.29, 0.717) is 0 Å². The number of unbranched alkanes of at least 4 members (excludes halogenated alkanes) is 15. The highest BCUT2D eigenvalue weighted by molar-refractivity contribution is 5.71. The molecule has 3 heteroatoms. The standard InChI is InChI=1S/C22H44O2.CH5N/c1-4-5-6-7-8-9-10-11-12-13-14-15-16-17-18-19-20-22(2,3)21(23)24;1-2/h4-20H2,1-3H3,(H,23,24);2H2,1H3. The van der Waals surface area contributed by atoms with Crippen molar-refractivity contribution in [3.63, 3.8) is 0 Å². The molecule has 0 aliphatic rings. The molecule has 0 aromatic rings. The van der Waals surface area contributed by atoms with E-state index in [-0.39, 0.29) is 0 Å². The topological polar surface area (TPSA) is 67.8 Å². The summed E-state index contributed by atoms with van der Waals surface area (Å²) in [6, 6.07) is 0. The van der Waals surface area contributed by atoms with E-state index in [1.807, 2.05) is 0 Å². The number of hydrogen-bond donors (Lipinski definition) is 1. The van der Waals surface area contributed by atoms with Gasteiger partial charge in [-0.3, -0.25) is 0 Å². The van der Waals surface area contributed by atoms with E-state index >= 15 is 0 Å². The monoisotopic (exact) mass is 371 g/mol. The summed E-state index contributed by atoms with van der Waals surface area (Å²) < 4.78 is 0. The van der Waals surface area contributed by atoms with Gasteiger partial charge in [-0.25, -0.2) is 0 Å². The van der Waals surface area contributed by atoms with E-state index in [2.05, 4.69) is 12.7 Å². The predicted octanol–water partition coefficient (Wildman–Crippen LogP) is 5.27. The van der Waals surface area contributed by atoms with Gasteiger partial charge in [-0.2, -0.15) is 0 Å². The fourth-order valence-electron chi connectivity index (χ4n) is 3.22. The van der Waals surface area contributed by atoms with Gasteiger partial charge < -0.3 is 15.6 Å². The Kier molecular flexibility index (Phi) is 22.1. The maximum atomic E-state index is 10.9. The number of carbonyl (C=O) groups is 1. The number of aliphatic carboxylic acids is 1. The molecule has 158 valence electrons. The second-order valence-electron chi connectivity index (χ2n) is 8.22. The molecule has 26 heavy (non-hydrogen) atoms. The van der Waals surface area contributed by atoms with Gasteiger partial charge in [-0.15, -0.1) is 0 Å². The van der Waals surface area contributed by atoms with Crippen molar-refractivity contribution < 1.29 is 15.6 Å². The molecule has 0 amide bonds. The lowest BCUT2D eigenvalue weighted by Crippen LogP contribution is -2.40. The molecule has 0 aromatic heterocycles. The molecule has 0 unspecified atom stereocenters. The summed E-state index contributed by atoms with van der Waals surface area (Å²) in [6.07, 6.45) is 22.4. The third kappa shape index (κ3) is 19.8. The summed E-state index contributed by atoms with van der Waals surface area (Å²) in [7, 11) is 1.75. The molecule has 3 nitrogen and oxygen atoms in total. The van der Waals surface area contributed by atoms with Crippen molar-refractivity contribution >= 4 is 5.97 Å². The zero-order valence-corrected chi connectivity index (χ0v) is 18.5. The van der Waals surface area contributed by atoms with Crippen LogP contribution in [0.5, 0.6) is 0 Å². The van der Waals surface area contributed by atoms with Crippen LogP contribution in [0, 0.1) is 5.41 Å². The smallest absolute Gasteiger partial charge is 0.0634 e. The molecule has 0 spiro atoms. The molecule has 0 saturated carbocycles. The van der Waals surface area contributed by atoms with Crippen LogP contribution in [0.15, 0.2) is 0 Å². The third-order valence-electron chi connectivity index (χ3n) is 5.21. The lowest BCUT2D eigenvalue weighted by molar-refractivity contribution is -0.325. The fourth-order valence-corrected chi connectivity index (χ4v) is 3.22. The highest BCUT2D eigenvalue weighted by Crippen LogP contribution is 2.23. The molecule has 0 fully saturated rings. The molecule has 0 heterocycles. The molecule has 0 bridgehead atoms. The Morgan fingerprint density at radius 3 is 1.19 bits per heavy atom. The average molecular weight is 372 g/mol. The Morgan fingerprint density at radius 1 is 0.654 bits per heavy atom. The van der Waals surface area contributed by atoms with E-state index in [1.165, 1.54) is 89.9 Å². The first-order valence-electron chi connectivity index (χ1n) is 11.4. The molecule has 0 aromatic carbocycles. The molecule has 0 aliphatic heterocycles. The van der Waals surface area contributed by atoms with Gasteiger partial charge in [-0.05, 0) is 6.42 Å². The first kappa shape index (κ1) is 27.6. The molecular weight excluding hydrogens is 322 g/mol. The van der Waals surface area contributed by atoms with Gasteiger partial charge in [0.2, 0.25) is 0 Å². The number of carbonyl (C=O) groups excluding carboxylic acids is 1. The van der Waals surface area contributed by atoms with Gasteiger partial charge in [0.15, 0.2) is 0 Å². The van der Waals surface area contributed by atoms with Crippen LogP contribution in [0.25, 0.3) is 0 Å². The largest absolute Gasteiger partial charge is 0.550 e. The third-order valence-corrected chi connectivity index (χ3v) is 5.21. The zero-order chi connectivity index (χ0) is 20.1. The van der Waals surface area contributed by atoms with E-state index in [9.17, 15) is 9.90 Å². The second-order valence-corrected chi connectivity index (χ2v) is 8.22. The Balaban J connectivity index is 0. The van der Waals surface area contributed by atoms with Crippen molar-refractivity contribution in [3.05, 3.63) is 0 Å². The van der Waals surface area contributed by atoms with Gasteiger partial charge in [0.05, 0.1) is 7.05 Å². The number of carboxylic acids is 1. The number of quaternary nitrogens is 1. The lowest BCUT2D eigenvalue weighted by Gasteiger charge is -2.25. The zero-order valence-electron chi connectivity index (χ0n) is 18.5. The van der Waals surface area contributed by atoms with Crippen molar-refractivity contribution in [2.45, 2.75) is 130 Å². The number of rotatable bonds is 18. The maximum Gasteiger partial charge on any atom is 0.0634 e. The molecule has 0 atom stereocenters. The van der Waals surface area contributed by atoms with Crippen LogP contribution in [-0.2, 0) is 4.79 Å². The minimum Gasteiger partial charge on any atom is -0.550 e. The SMILES string of the molecule is CCCCCCCCCCCCCCCCCCC(C)(C)C(=O)[O-].C[NH3+]. The van der Waals surface area contributed by atoms with Crippen LogP contribution in [0.3, 0.4) is 0 Å². The maximum absolute atomic E-state index is 10.9. The highest BCUT2D eigenvalue weighted by Gasteiger charge is 2.18. The molecule has 0 saturated heterocycles. The summed E-state index contributed by atoms with van der Waals surface area (Å²) in [5.74, 6) is -0.913. The van der Waals surface area contributed by atoms with Gasteiger partial charge in [0, 0.05) is 11.4 Å². The normalized spacial score (nSPS) is 11.1. The molecule has 0 rings (SSSR count). The first-order chi connectivity index (χ1) is 12.5. The summed E-state index contributed by atoms with van der Waals surface area (Å²) in [4.78, 5) is 10.9. The van der Waals surface area contributed by atoms with E-state index in [0.717, 1.165) is 19.3 Å². The molecule has 0 radical (unpaired) electrons. The summed E-state index contributed by atoms with van der Waals surface area (Å²) in [6.45, 7) is 5.82. The highest BCUT2D eigenvalue weighted by atomic mass is 16.4. The molecular formula is C23H49NO2. The van der Waals surface area contributed by atoms with E-state index in [4.69, 9.17) is 0 Å². The van der Waals surface area contributed by atoms with Crippen LogP contribution in [-0.4, -0.2) is 13.0 Å². The van der Waals surface area contributed by atoms with Crippen molar-refractivity contribution in [1.82, 2.24) is 0 Å². The second kappa shape index (κ2) is 20.7. The molecule has 0 aliphatic carbocycles. The van der Waals surface area contributed by atoms with Gasteiger partial charge >= 0.3 is 0 Å².